The Balaban J connectivity index is 1.32. The second-order valence-electron chi connectivity index (χ2n) is 10.4. The molecule has 2 amide bonds. The summed E-state index contributed by atoms with van der Waals surface area (Å²) in [6.07, 6.45) is 1.41. The van der Waals surface area contributed by atoms with Crippen molar-refractivity contribution in [1.29, 1.82) is 0 Å². The van der Waals surface area contributed by atoms with Crippen molar-refractivity contribution in [3.05, 3.63) is 63.7 Å². The number of piperidine rings is 1. The van der Waals surface area contributed by atoms with Gasteiger partial charge in [-0.15, -0.1) is 0 Å². The van der Waals surface area contributed by atoms with Crippen LogP contribution in [0.3, 0.4) is 0 Å². The number of benzene rings is 2. The maximum Gasteiger partial charge on any atom is 0.251 e. The second kappa shape index (κ2) is 9.06. The number of Topliss-reactive ketones (excluding diaryl/α,β-unsaturated/α-hetero) is 1. The number of ketones is 1. The number of ether oxygens (including phenoxy) is 1. The van der Waals surface area contributed by atoms with E-state index in [1.54, 1.807) is 23.1 Å². The molecule has 2 heterocycles. The Morgan fingerprint density at radius 3 is 2.38 bits per heavy atom. The van der Waals surface area contributed by atoms with Gasteiger partial charge in [-0.1, -0.05) is 44.5 Å². The highest BCUT2D eigenvalue weighted by Gasteiger charge is 2.43. The minimum absolute atomic E-state index is 0.0111. The van der Waals surface area contributed by atoms with Gasteiger partial charge < -0.3 is 15.0 Å². The molecular weight excluding hydrogens is 452 g/mol. The average Bonchev–Trinajstić information content (AvgIpc) is 2.79. The van der Waals surface area contributed by atoms with Crippen molar-refractivity contribution in [1.82, 2.24) is 10.2 Å². The highest BCUT2D eigenvalue weighted by molar-refractivity contribution is 6.31. The molecule has 0 aromatic heterocycles. The lowest BCUT2D eigenvalue weighted by Gasteiger charge is -2.44. The van der Waals surface area contributed by atoms with Gasteiger partial charge in [0.05, 0.1) is 18.5 Å². The van der Waals surface area contributed by atoms with E-state index < -0.39 is 5.60 Å². The molecule has 7 heteroatoms. The van der Waals surface area contributed by atoms with E-state index in [0.29, 0.717) is 47.8 Å². The zero-order chi connectivity index (χ0) is 24.7. The molecule has 1 spiro atoms. The van der Waals surface area contributed by atoms with Crippen LogP contribution in [-0.2, 0) is 10.2 Å². The molecule has 1 saturated heterocycles. The zero-order valence-electron chi connectivity index (χ0n) is 20.2. The molecule has 34 heavy (non-hydrogen) atoms. The van der Waals surface area contributed by atoms with Gasteiger partial charge in [0.15, 0.2) is 5.78 Å². The number of nitrogens with one attached hydrogen (secondary N) is 1. The minimum atomic E-state index is -0.598. The third kappa shape index (κ3) is 4.97. The number of halogens is 1. The summed E-state index contributed by atoms with van der Waals surface area (Å²) in [6.45, 7) is 9.13. The number of carbonyl (C=O) groups excluding carboxylic acids is 3. The van der Waals surface area contributed by atoms with Crippen molar-refractivity contribution in [3.8, 4) is 5.75 Å². The molecule has 1 N–H and O–H groups in total. The largest absolute Gasteiger partial charge is 0.486 e. The number of aryl methyl sites for hydroxylation is 1. The number of hydrogen-bond acceptors (Lipinski definition) is 4. The van der Waals surface area contributed by atoms with Gasteiger partial charge in [-0.25, -0.2) is 0 Å². The predicted octanol–water partition coefficient (Wildman–Crippen LogP) is 4.70. The van der Waals surface area contributed by atoms with Crippen LogP contribution in [0, 0.1) is 6.92 Å². The molecular formula is C27H31ClN2O4. The van der Waals surface area contributed by atoms with Crippen molar-refractivity contribution >= 4 is 29.2 Å². The van der Waals surface area contributed by atoms with E-state index in [2.05, 4.69) is 26.1 Å². The van der Waals surface area contributed by atoms with E-state index in [1.807, 2.05) is 25.1 Å². The lowest BCUT2D eigenvalue weighted by molar-refractivity contribution is -0.133. The highest BCUT2D eigenvalue weighted by Crippen LogP contribution is 2.41. The lowest BCUT2D eigenvalue weighted by Crippen LogP contribution is -2.53. The van der Waals surface area contributed by atoms with Crippen molar-refractivity contribution in [3.63, 3.8) is 0 Å². The minimum Gasteiger partial charge on any atom is -0.486 e. The fourth-order valence-corrected chi connectivity index (χ4v) is 4.71. The van der Waals surface area contributed by atoms with Crippen molar-refractivity contribution < 1.29 is 19.1 Å². The van der Waals surface area contributed by atoms with Crippen LogP contribution in [-0.4, -0.2) is 47.7 Å². The number of likely N-dealkylation sites (tertiary alicyclic amines) is 1. The van der Waals surface area contributed by atoms with Crippen molar-refractivity contribution in [2.45, 2.75) is 58.0 Å². The zero-order valence-corrected chi connectivity index (χ0v) is 20.9. The third-order valence-electron chi connectivity index (χ3n) is 6.81. The Morgan fingerprint density at radius 1 is 1.12 bits per heavy atom. The van der Waals surface area contributed by atoms with Crippen LogP contribution in [0.25, 0.3) is 0 Å². The van der Waals surface area contributed by atoms with Gasteiger partial charge in [0.25, 0.3) is 5.91 Å². The van der Waals surface area contributed by atoms with E-state index in [9.17, 15) is 14.4 Å². The highest BCUT2D eigenvalue weighted by atomic mass is 35.5. The fraction of sp³-hybridized carbons (Fsp3) is 0.444. The molecule has 1 fully saturated rings. The molecule has 6 nitrogen and oxygen atoms in total. The van der Waals surface area contributed by atoms with Gasteiger partial charge in [0.1, 0.15) is 11.4 Å². The van der Waals surface area contributed by atoms with Gasteiger partial charge in [-0.3, -0.25) is 14.4 Å². The first-order chi connectivity index (χ1) is 16.0. The molecule has 0 radical (unpaired) electrons. The number of nitrogens with zero attached hydrogens (tertiary/aromatic N) is 1. The molecule has 0 bridgehead atoms. The van der Waals surface area contributed by atoms with E-state index in [4.69, 9.17) is 16.3 Å². The van der Waals surface area contributed by atoms with Gasteiger partial charge in [0.2, 0.25) is 5.91 Å². The van der Waals surface area contributed by atoms with Crippen LogP contribution in [0.1, 0.15) is 71.9 Å². The molecule has 2 aromatic rings. The Hall–Kier alpha value is -2.86. The smallest absolute Gasteiger partial charge is 0.251 e. The van der Waals surface area contributed by atoms with Crippen molar-refractivity contribution in [2.24, 2.45) is 0 Å². The molecule has 4 rings (SSSR count). The Labute approximate surface area is 205 Å². The maximum atomic E-state index is 12.8. The number of fused-ring (bicyclic) bond motifs is 1. The number of hydrogen-bond donors (Lipinski definition) is 1. The maximum absolute atomic E-state index is 12.8. The first-order valence-electron chi connectivity index (χ1n) is 11.7. The first kappa shape index (κ1) is 24.3. The van der Waals surface area contributed by atoms with E-state index >= 15 is 0 Å². The van der Waals surface area contributed by atoms with Gasteiger partial charge >= 0.3 is 0 Å². The summed E-state index contributed by atoms with van der Waals surface area (Å²) < 4.78 is 6.30. The monoisotopic (exact) mass is 482 g/mol. The fourth-order valence-electron chi connectivity index (χ4n) is 4.55. The van der Waals surface area contributed by atoms with Crippen LogP contribution in [0.4, 0.5) is 0 Å². The van der Waals surface area contributed by atoms with E-state index in [0.717, 1.165) is 11.1 Å². The molecule has 0 saturated carbocycles. The van der Waals surface area contributed by atoms with E-state index in [-0.39, 0.29) is 36.0 Å². The summed E-state index contributed by atoms with van der Waals surface area (Å²) in [7, 11) is 0. The molecule has 2 aromatic carbocycles. The SMILES string of the molecule is Cc1cc2c(cc1Cl)C(=O)CC1(CCN(C(=O)CNC(=O)c3ccc(C(C)(C)C)cc3)CC1)O2. The number of carbonyl (C=O) groups is 3. The van der Waals surface area contributed by atoms with Crippen LogP contribution in [0.5, 0.6) is 5.75 Å². The Kier molecular flexibility index (Phi) is 6.47. The molecule has 0 aliphatic carbocycles. The Morgan fingerprint density at radius 2 is 1.76 bits per heavy atom. The number of amides is 2. The lowest BCUT2D eigenvalue weighted by atomic mass is 9.82. The predicted molar refractivity (Wildman–Crippen MR) is 132 cm³/mol. The summed E-state index contributed by atoms with van der Waals surface area (Å²) in [5.41, 5.74) is 2.48. The average molecular weight is 483 g/mol. The molecule has 2 aliphatic heterocycles. The quantitative estimate of drug-likeness (QED) is 0.687. The summed E-state index contributed by atoms with van der Waals surface area (Å²) in [5.74, 6) is 0.184. The molecule has 180 valence electrons. The van der Waals surface area contributed by atoms with Gasteiger partial charge in [-0.05, 0) is 47.7 Å². The third-order valence-corrected chi connectivity index (χ3v) is 7.22. The summed E-state index contributed by atoms with van der Waals surface area (Å²) in [6, 6.07) is 11.0. The topological polar surface area (TPSA) is 75.7 Å². The van der Waals surface area contributed by atoms with E-state index in [1.165, 1.54) is 0 Å². The Bertz CT molecular complexity index is 1130. The van der Waals surface area contributed by atoms with Crippen LogP contribution < -0.4 is 10.1 Å². The van der Waals surface area contributed by atoms with Crippen LogP contribution in [0.2, 0.25) is 5.02 Å². The standard InChI is InChI=1S/C27H31ClN2O4/c1-17-13-23-20(14-21(17)28)22(31)15-27(34-23)9-11-30(12-10-27)24(32)16-29-25(33)18-5-7-19(8-6-18)26(2,3)4/h5-8,13-14H,9-12,15-16H2,1-4H3,(H,29,33). The summed E-state index contributed by atoms with van der Waals surface area (Å²) in [5, 5.41) is 3.28. The molecule has 2 aliphatic rings. The second-order valence-corrected chi connectivity index (χ2v) is 10.8. The van der Waals surface area contributed by atoms with Crippen molar-refractivity contribution in [2.75, 3.05) is 19.6 Å². The number of rotatable bonds is 3. The van der Waals surface area contributed by atoms with Crippen LogP contribution >= 0.6 is 11.6 Å². The van der Waals surface area contributed by atoms with Crippen LogP contribution in [0.15, 0.2) is 36.4 Å². The molecule has 0 unspecified atom stereocenters. The summed E-state index contributed by atoms with van der Waals surface area (Å²) in [4.78, 5) is 39.7. The summed E-state index contributed by atoms with van der Waals surface area (Å²) >= 11 is 6.18. The van der Waals surface area contributed by atoms with Gasteiger partial charge in [0, 0.05) is 36.5 Å². The van der Waals surface area contributed by atoms with Gasteiger partial charge in [-0.2, -0.15) is 0 Å². The normalized spacial score (nSPS) is 17.2. The molecule has 0 atom stereocenters. The first-order valence-corrected chi connectivity index (χ1v) is 12.0.